The standard InChI is InChI=1S/C14H13ClO3/c1-18-13(16)14(17)8-7-11(9-12(14)15)10-5-3-2-4-6-10/h2-9,12,17H,1H3. The van der Waals surface area contributed by atoms with Crippen LogP contribution in [0.1, 0.15) is 5.56 Å². The minimum absolute atomic E-state index is 0.762. The van der Waals surface area contributed by atoms with Crippen LogP contribution in [0.4, 0.5) is 0 Å². The van der Waals surface area contributed by atoms with Crippen molar-refractivity contribution < 1.29 is 14.6 Å². The third kappa shape index (κ3) is 2.19. The number of hydrogen-bond donors (Lipinski definition) is 1. The molecule has 0 aliphatic heterocycles. The SMILES string of the molecule is COC(=O)C1(O)C=CC(c2ccccc2)=CC1Cl. The van der Waals surface area contributed by atoms with Crippen molar-refractivity contribution in [3.63, 3.8) is 0 Å². The number of carbonyl (C=O) groups is 1. The normalized spacial score (nSPS) is 26.6. The Morgan fingerprint density at radius 1 is 1.39 bits per heavy atom. The first-order valence-electron chi connectivity index (χ1n) is 5.49. The first-order valence-corrected chi connectivity index (χ1v) is 5.93. The molecule has 1 aromatic rings. The van der Waals surface area contributed by atoms with Crippen LogP contribution in [0.25, 0.3) is 5.57 Å². The van der Waals surface area contributed by atoms with E-state index in [1.54, 1.807) is 12.2 Å². The minimum Gasteiger partial charge on any atom is -0.467 e. The van der Waals surface area contributed by atoms with Crippen LogP contribution in [0.5, 0.6) is 0 Å². The third-order valence-electron chi connectivity index (χ3n) is 2.88. The summed E-state index contributed by atoms with van der Waals surface area (Å²) in [5, 5.41) is 9.28. The molecule has 0 bridgehead atoms. The summed E-state index contributed by atoms with van der Waals surface area (Å²) in [6.07, 6.45) is 4.69. The molecule has 0 saturated heterocycles. The zero-order valence-corrected chi connectivity index (χ0v) is 10.6. The number of rotatable bonds is 2. The summed E-state index contributed by atoms with van der Waals surface area (Å²) < 4.78 is 4.55. The number of benzene rings is 1. The Morgan fingerprint density at radius 2 is 2.06 bits per heavy atom. The van der Waals surface area contributed by atoms with E-state index >= 15 is 0 Å². The Labute approximate surface area is 110 Å². The second-order valence-corrected chi connectivity index (χ2v) is 4.51. The number of esters is 1. The first kappa shape index (κ1) is 12.9. The van der Waals surface area contributed by atoms with Crippen LogP contribution in [0.15, 0.2) is 48.6 Å². The molecule has 2 atom stereocenters. The zero-order chi connectivity index (χ0) is 13.2. The fourth-order valence-corrected chi connectivity index (χ4v) is 2.11. The van der Waals surface area contributed by atoms with Crippen LogP contribution in [0.3, 0.4) is 0 Å². The highest BCUT2D eigenvalue weighted by atomic mass is 35.5. The lowest BCUT2D eigenvalue weighted by Gasteiger charge is -2.28. The van der Waals surface area contributed by atoms with Gasteiger partial charge in [-0.1, -0.05) is 42.5 Å². The summed E-state index contributed by atoms with van der Waals surface area (Å²) in [5.74, 6) is -0.762. The smallest absolute Gasteiger partial charge is 0.343 e. The van der Waals surface area contributed by atoms with E-state index in [4.69, 9.17) is 11.6 Å². The van der Waals surface area contributed by atoms with Gasteiger partial charge in [-0.3, -0.25) is 0 Å². The lowest BCUT2D eigenvalue weighted by molar-refractivity contribution is -0.156. The Hall–Kier alpha value is -1.58. The van der Waals surface area contributed by atoms with Gasteiger partial charge >= 0.3 is 5.97 Å². The summed E-state index contributed by atoms with van der Waals surface area (Å²) in [4.78, 5) is 11.5. The largest absolute Gasteiger partial charge is 0.467 e. The van der Waals surface area contributed by atoms with Crippen molar-refractivity contribution in [1.29, 1.82) is 0 Å². The van der Waals surface area contributed by atoms with Crippen LogP contribution in [-0.4, -0.2) is 29.2 Å². The molecule has 4 heteroatoms. The second kappa shape index (κ2) is 4.96. The zero-order valence-electron chi connectivity index (χ0n) is 9.84. The molecule has 1 aromatic carbocycles. The average Bonchev–Trinajstić information content (AvgIpc) is 2.42. The van der Waals surface area contributed by atoms with Crippen molar-refractivity contribution in [3.05, 3.63) is 54.1 Å². The van der Waals surface area contributed by atoms with Gasteiger partial charge in [0.2, 0.25) is 5.60 Å². The highest BCUT2D eigenvalue weighted by Crippen LogP contribution is 2.31. The van der Waals surface area contributed by atoms with Gasteiger partial charge in [0.1, 0.15) is 0 Å². The fraction of sp³-hybridized carbons (Fsp3) is 0.214. The Bertz CT molecular complexity index is 507. The van der Waals surface area contributed by atoms with E-state index in [2.05, 4.69) is 4.74 Å². The molecule has 0 radical (unpaired) electrons. The molecule has 0 spiro atoms. The summed E-state index contributed by atoms with van der Waals surface area (Å²) in [6, 6.07) is 9.60. The molecule has 1 N–H and O–H groups in total. The average molecular weight is 265 g/mol. The number of halogens is 1. The maximum absolute atomic E-state index is 11.5. The van der Waals surface area contributed by atoms with Crippen molar-refractivity contribution in [3.8, 4) is 0 Å². The van der Waals surface area contributed by atoms with Gasteiger partial charge < -0.3 is 9.84 Å². The highest BCUT2D eigenvalue weighted by Gasteiger charge is 2.42. The molecule has 3 nitrogen and oxygen atoms in total. The molecule has 0 heterocycles. The molecule has 2 unspecified atom stereocenters. The predicted molar refractivity (Wildman–Crippen MR) is 70.2 cm³/mol. The van der Waals surface area contributed by atoms with Gasteiger partial charge in [-0.2, -0.15) is 0 Å². The molecule has 0 amide bonds. The molecule has 0 aromatic heterocycles. The number of methoxy groups -OCH3 is 1. The molecule has 2 rings (SSSR count). The molecule has 18 heavy (non-hydrogen) atoms. The summed E-state index contributed by atoms with van der Waals surface area (Å²) in [5.41, 5.74) is 0.0460. The van der Waals surface area contributed by atoms with E-state index in [0.29, 0.717) is 0 Å². The maximum Gasteiger partial charge on any atom is 0.343 e. The molecule has 0 saturated carbocycles. The van der Waals surface area contributed by atoms with Gasteiger partial charge in [-0.25, -0.2) is 4.79 Å². The maximum atomic E-state index is 11.5. The van der Waals surface area contributed by atoms with E-state index in [0.717, 1.165) is 11.1 Å². The van der Waals surface area contributed by atoms with Crippen molar-refractivity contribution in [2.75, 3.05) is 7.11 Å². The molecule has 0 fully saturated rings. The van der Waals surface area contributed by atoms with Crippen molar-refractivity contribution in [2.24, 2.45) is 0 Å². The Morgan fingerprint density at radius 3 is 2.61 bits per heavy atom. The van der Waals surface area contributed by atoms with E-state index in [1.165, 1.54) is 13.2 Å². The quantitative estimate of drug-likeness (QED) is 0.658. The van der Waals surface area contributed by atoms with E-state index < -0.39 is 16.9 Å². The lowest BCUT2D eigenvalue weighted by atomic mass is 9.89. The van der Waals surface area contributed by atoms with Gasteiger partial charge in [0.05, 0.1) is 12.5 Å². The number of alkyl halides is 1. The number of allylic oxidation sites excluding steroid dienone is 2. The van der Waals surface area contributed by atoms with Crippen LogP contribution < -0.4 is 0 Å². The summed E-state index contributed by atoms with van der Waals surface area (Å²) >= 11 is 6.06. The summed E-state index contributed by atoms with van der Waals surface area (Å²) in [7, 11) is 1.22. The van der Waals surface area contributed by atoms with Gasteiger partial charge in [-0.15, -0.1) is 11.6 Å². The first-order chi connectivity index (χ1) is 8.58. The van der Waals surface area contributed by atoms with E-state index in [1.807, 2.05) is 30.3 Å². The van der Waals surface area contributed by atoms with Crippen molar-refractivity contribution >= 4 is 23.1 Å². The van der Waals surface area contributed by atoms with Gasteiger partial charge in [-0.05, 0) is 17.2 Å². The highest BCUT2D eigenvalue weighted by molar-refractivity contribution is 6.25. The van der Waals surface area contributed by atoms with Crippen LogP contribution in [0, 0.1) is 0 Å². The lowest BCUT2D eigenvalue weighted by Crippen LogP contribution is -2.46. The van der Waals surface area contributed by atoms with Crippen LogP contribution >= 0.6 is 11.6 Å². The Kier molecular flexibility index (Phi) is 3.55. The van der Waals surface area contributed by atoms with Crippen molar-refractivity contribution in [2.45, 2.75) is 11.0 Å². The molecule has 1 aliphatic rings. The number of aliphatic hydroxyl groups is 1. The van der Waals surface area contributed by atoms with Gasteiger partial charge in [0, 0.05) is 0 Å². The molecule has 1 aliphatic carbocycles. The Balaban J connectivity index is 2.30. The van der Waals surface area contributed by atoms with Crippen LogP contribution in [-0.2, 0) is 9.53 Å². The molecular formula is C14H13ClO3. The number of ether oxygens (including phenoxy) is 1. The number of hydrogen-bond acceptors (Lipinski definition) is 3. The van der Waals surface area contributed by atoms with E-state index in [-0.39, 0.29) is 0 Å². The fourth-order valence-electron chi connectivity index (χ4n) is 1.82. The van der Waals surface area contributed by atoms with E-state index in [9.17, 15) is 9.90 Å². The minimum atomic E-state index is -1.80. The molecular weight excluding hydrogens is 252 g/mol. The predicted octanol–water partition coefficient (Wildman–Crippen LogP) is 2.15. The second-order valence-electron chi connectivity index (χ2n) is 4.04. The summed E-state index contributed by atoms with van der Waals surface area (Å²) in [6.45, 7) is 0. The topological polar surface area (TPSA) is 46.5 Å². The number of carbonyl (C=O) groups excluding carboxylic acids is 1. The monoisotopic (exact) mass is 264 g/mol. The van der Waals surface area contributed by atoms with Crippen LogP contribution in [0.2, 0.25) is 0 Å². The third-order valence-corrected chi connectivity index (χ3v) is 3.34. The van der Waals surface area contributed by atoms with Gasteiger partial charge in [0.25, 0.3) is 0 Å². The van der Waals surface area contributed by atoms with Crippen molar-refractivity contribution in [1.82, 2.24) is 0 Å². The van der Waals surface area contributed by atoms with Gasteiger partial charge in [0.15, 0.2) is 0 Å². The molecule has 94 valence electrons.